The summed E-state index contributed by atoms with van der Waals surface area (Å²) in [5, 5.41) is 2.16. The molecule has 2 aromatic carbocycles. The molecule has 2 aromatic rings. The van der Waals surface area contributed by atoms with E-state index in [2.05, 4.69) is 10.1 Å². The molecule has 2 atom stereocenters. The topological polar surface area (TPSA) is 81.7 Å². The van der Waals surface area contributed by atoms with Gasteiger partial charge in [-0.05, 0) is 24.1 Å². The molecule has 0 fully saturated rings. The highest BCUT2D eigenvalue weighted by Crippen LogP contribution is 2.35. The van der Waals surface area contributed by atoms with Crippen molar-refractivity contribution >= 4 is 29.6 Å². The van der Waals surface area contributed by atoms with Gasteiger partial charge in [-0.15, -0.1) is 11.8 Å². The molecule has 2 rings (SSSR count). The largest absolute Gasteiger partial charge is 0.469 e. The molecule has 7 heteroatoms. The second-order valence-electron chi connectivity index (χ2n) is 5.92. The summed E-state index contributed by atoms with van der Waals surface area (Å²) in [6.07, 6.45) is 0.0982. The van der Waals surface area contributed by atoms with Crippen molar-refractivity contribution in [1.82, 2.24) is 5.32 Å². The van der Waals surface area contributed by atoms with Gasteiger partial charge in [-0.2, -0.15) is 0 Å². The first-order valence-corrected chi connectivity index (χ1v) is 9.64. The SMILES string of the molecule is COC(=O)CC[C@@H](NC(=O)[C@H](Sc1ccccc1)c1ccccc1)C(=O)OC. The maximum absolute atomic E-state index is 13.0. The highest BCUT2D eigenvalue weighted by Gasteiger charge is 2.28. The van der Waals surface area contributed by atoms with Gasteiger partial charge in [0.15, 0.2) is 0 Å². The summed E-state index contributed by atoms with van der Waals surface area (Å²) in [7, 11) is 2.52. The Morgan fingerprint density at radius 3 is 2.11 bits per heavy atom. The number of carbonyl (C=O) groups excluding carboxylic acids is 3. The van der Waals surface area contributed by atoms with Crippen LogP contribution in [0.1, 0.15) is 23.7 Å². The molecule has 28 heavy (non-hydrogen) atoms. The van der Waals surface area contributed by atoms with Crippen LogP contribution in [0.3, 0.4) is 0 Å². The number of nitrogens with one attached hydrogen (secondary N) is 1. The third kappa shape index (κ3) is 6.42. The van der Waals surface area contributed by atoms with E-state index in [4.69, 9.17) is 4.74 Å². The molecule has 0 saturated heterocycles. The molecule has 0 aromatic heterocycles. The fraction of sp³-hybridized carbons (Fsp3) is 0.286. The van der Waals surface area contributed by atoms with Crippen molar-refractivity contribution in [2.75, 3.05) is 14.2 Å². The fourth-order valence-electron chi connectivity index (χ4n) is 2.54. The Morgan fingerprint density at radius 1 is 0.929 bits per heavy atom. The first-order chi connectivity index (χ1) is 13.5. The lowest BCUT2D eigenvalue weighted by molar-refractivity contribution is -0.146. The molecular weight excluding hydrogens is 378 g/mol. The molecule has 0 heterocycles. The predicted octanol–water partition coefficient (Wildman–Crippen LogP) is 3.13. The van der Waals surface area contributed by atoms with Crippen LogP contribution in [0, 0.1) is 0 Å². The van der Waals surface area contributed by atoms with Crippen molar-refractivity contribution < 1.29 is 23.9 Å². The molecule has 0 bridgehead atoms. The second-order valence-corrected chi connectivity index (χ2v) is 7.10. The average molecular weight is 401 g/mol. The van der Waals surface area contributed by atoms with Crippen molar-refractivity contribution in [2.24, 2.45) is 0 Å². The number of benzene rings is 2. The number of hydrogen-bond donors (Lipinski definition) is 1. The van der Waals surface area contributed by atoms with Gasteiger partial charge in [0.05, 0.1) is 14.2 Å². The average Bonchev–Trinajstić information content (AvgIpc) is 2.75. The van der Waals surface area contributed by atoms with Gasteiger partial charge in [0.1, 0.15) is 11.3 Å². The lowest BCUT2D eigenvalue weighted by Gasteiger charge is -2.21. The number of esters is 2. The van der Waals surface area contributed by atoms with Crippen LogP contribution in [0.4, 0.5) is 0 Å². The van der Waals surface area contributed by atoms with Crippen molar-refractivity contribution in [3.63, 3.8) is 0 Å². The van der Waals surface area contributed by atoms with E-state index < -0.39 is 23.2 Å². The Bertz CT molecular complexity index is 782. The summed E-state index contributed by atoms with van der Waals surface area (Å²) < 4.78 is 9.38. The van der Waals surface area contributed by atoms with Gasteiger partial charge in [0, 0.05) is 11.3 Å². The van der Waals surface area contributed by atoms with E-state index in [0.717, 1.165) is 10.5 Å². The Balaban J connectivity index is 2.19. The normalized spacial score (nSPS) is 12.5. The Hall–Kier alpha value is -2.80. The molecule has 0 aliphatic rings. The van der Waals surface area contributed by atoms with Crippen LogP contribution < -0.4 is 5.32 Å². The van der Waals surface area contributed by atoms with Crippen LogP contribution in [0.25, 0.3) is 0 Å². The van der Waals surface area contributed by atoms with Crippen LogP contribution in [0.5, 0.6) is 0 Å². The zero-order valence-corrected chi connectivity index (χ0v) is 16.6. The minimum atomic E-state index is -0.931. The van der Waals surface area contributed by atoms with E-state index in [0.29, 0.717) is 0 Å². The van der Waals surface area contributed by atoms with Crippen LogP contribution in [-0.4, -0.2) is 38.1 Å². The third-order valence-corrected chi connectivity index (χ3v) is 5.27. The van der Waals surface area contributed by atoms with Crippen molar-refractivity contribution in [3.8, 4) is 0 Å². The van der Waals surface area contributed by atoms with Gasteiger partial charge >= 0.3 is 11.9 Å². The minimum Gasteiger partial charge on any atom is -0.469 e. The molecule has 1 N–H and O–H groups in total. The number of carbonyl (C=O) groups is 3. The summed E-state index contributed by atoms with van der Waals surface area (Å²) in [6.45, 7) is 0. The third-order valence-electron chi connectivity index (χ3n) is 4.00. The van der Waals surface area contributed by atoms with Gasteiger partial charge < -0.3 is 14.8 Å². The van der Waals surface area contributed by atoms with Crippen molar-refractivity contribution in [3.05, 3.63) is 66.2 Å². The predicted molar refractivity (Wildman–Crippen MR) is 107 cm³/mol. The van der Waals surface area contributed by atoms with Gasteiger partial charge in [-0.1, -0.05) is 48.5 Å². The lowest BCUT2D eigenvalue weighted by atomic mass is 10.1. The van der Waals surface area contributed by atoms with Crippen LogP contribution in [0.2, 0.25) is 0 Å². The van der Waals surface area contributed by atoms with E-state index in [1.165, 1.54) is 26.0 Å². The zero-order chi connectivity index (χ0) is 20.4. The first-order valence-electron chi connectivity index (χ1n) is 8.76. The number of rotatable bonds is 9. The molecule has 0 saturated carbocycles. The molecule has 148 valence electrons. The Kier molecular flexibility index (Phi) is 8.55. The van der Waals surface area contributed by atoms with E-state index in [1.54, 1.807) is 0 Å². The quantitative estimate of drug-likeness (QED) is 0.514. The fourth-order valence-corrected chi connectivity index (χ4v) is 3.59. The maximum atomic E-state index is 13.0. The highest BCUT2D eigenvalue weighted by atomic mass is 32.2. The monoisotopic (exact) mass is 401 g/mol. The zero-order valence-electron chi connectivity index (χ0n) is 15.8. The molecule has 0 aliphatic heterocycles. The van der Waals surface area contributed by atoms with E-state index in [9.17, 15) is 14.4 Å². The van der Waals surface area contributed by atoms with E-state index in [1.807, 2.05) is 60.7 Å². The van der Waals surface area contributed by atoms with Crippen LogP contribution in [-0.2, 0) is 23.9 Å². The maximum Gasteiger partial charge on any atom is 0.328 e. The summed E-state index contributed by atoms with van der Waals surface area (Å²) in [5.74, 6) is -1.39. The number of amides is 1. The highest BCUT2D eigenvalue weighted by molar-refractivity contribution is 8.00. The Morgan fingerprint density at radius 2 is 1.54 bits per heavy atom. The molecule has 0 unspecified atom stereocenters. The van der Waals surface area contributed by atoms with Crippen molar-refractivity contribution in [2.45, 2.75) is 29.0 Å². The van der Waals surface area contributed by atoms with Gasteiger partial charge in [-0.3, -0.25) is 9.59 Å². The summed E-state index contributed by atoms with van der Waals surface area (Å²) in [5.41, 5.74) is 0.811. The van der Waals surface area contributed by atoms with Gasteiger partial charge in [0.25, 0.3) is 0 Å². The van der Waals surface area contributed by atoms with Gasteiger partial charge in [-0.25, -0.2) is 4.79 Å². The van der Waals surface area contributed by atoms with Gasteiger partial charge in [0.2, 0.25) is 5.91 Å². The van der Waals surface area contributed by atoms with Crippen LogP contribution in [0.15, 0.2) is 65.6 Å². The minimum absolute atomic E-state index is 0.00161. The lowest BCUT2D eigenvalue weighted by Crippen LogP contribution is -2.43. The van der Waals surface area contributed by atoms with E-state index in [-0.39, 0.29) is 18.7 Å². The molecule has 0 radical (unpaired) electrons. The summed E-state index contributed by atoms with van der Waals surface area (Å²) in [6, 6.07) is 17.9. The smallest absolute Gasteiger partial charge is 0.328 e. The molecule has 0 spiro atoms. The molecule has 6 nitrogen and oxygen atoms in total. The number of ether oxygens (including phenoxy) is 2. The second kappa shape index (κ2) is 11.1. The number of hydrogen-bond acceptors (Lipinski definition) is 6. The van der Waals surface area contributed by atoms with Crippen molar-refractivity contribution in [1.29, 1.82) is 0 Å². The van der Waals surface area contributed by atoms with Crippen LogP contribution >= 0.6 is 11.8 Å². The first kappa shape index (κ1) is 21.5. The Labute approximate surface area is 168 Å². The number of thioether (sulfide) groups is 1. The number of methoxy groups -OCH3 is 2. The summed E-state index contributed by atoms with van der Waals surface area (Å²) >= 11 is 1.38. The standard InChI is InChI=1S/C21H23NO5S/c1-26-18(23)14-13-17(21(25)27-2)22-20(24)19(15-9-5-3-6-10-15)28-16-11-7-4-8-12-16/h3-12,17,19H,13-14H2,1-2H3,(H,22,24)/t17-,19-/m1/s1. The molecular formula is C21H23NO5S. The van der Waals surface area contributed by atoms with E-state index >= 15 is 0 Å². The molecule has 0 aliphatic carbocycles. The molecule has 1 amide bonds. The summed E-state index contributed by atoms with van der Waals surface area (Å²) in [4.78, 5) is 37.5.